The SMILES string of the molecule is CC1(Cc2cccc(Br)c2)OC(=O)NC1=O. The Morgan fingerprint density at radius 1 is 1.44 bits per heavy atom. The minimum absolute atomic E-state index is 0.365. The molecule has 4 nitrogen and oxygen atoms in total. The van der Waals surface area contributed by atoms with Crippen molar-refractivity contribution in [3.05, 3.63) is 34.3 Å². The minimum Gasteiger partial charge on any atom is -0.432 e. The van der Waals surface area contributed by atoms with Gasteiger partial charge in [-0.1, -0.05) is 28.1 Å². The molecule has 2 rings (SSSR count). The van der Waals surface area contributed by atoms with E-state index in [4.69, 9.17) is 4.74 Å². The van der Waals surface area contributed by atoms with E-state index < -0.39 is 17.6 Å². The fraction of sp³-hybridized carbons (Fsp3) is 0.273. The van der Waals surface area contributed by atoms with Crippen LogP contribution in [0.15, 0.2) is 28.7 Å². The van der Waals surface area contributed by atoms with Crippen LogP contribution in [0.2, 0.25) is 0 Å². The molecule has 0 bridgehead atoms. The maximum Gasteiger partial charge on any atom is 0.415 e. The van der Waals surface area contributed by atoms with Crippen LogP contribution in [0, 0.1) is 0 Å². The van der Waals surface area contributed by atoms with Gasteiger partial charge in [-0.2, -0.15) is 0 Å². The molecular formula is C11H10BrNO3. The van der Waals surface area contributed by atoms with Crippen molar-refractivity contribution < 1.29 is 14.3 Å². The van der Waals surface area contributed by atoms with E-state index in [1.54, 1.807) is 6.92 Å². The van der Waals surface area contributed by atoms with Gasteiger partial charge in [-0.15, -0.1) is 0 Å². The lowest BCUT2D eigenvalue weighted by Gasteiger charge is -2.18. The molecule has 1 unspecified atom stereocenters. The van der Waals surface area contributed by atoms with E-state index in [1.165, 1.54) is 0 Å². The Labute approximate surface area is 101 Å². The molecule has 1 aliphatic rings. The third-order valence-corrected chi connectivity index (χ3v) is 2.94. The Hall–Kier alpha value is -1.36. The number of carbonyl (C=O) groups is 2. The molecule has 5 heteroatoms. The molecule has 1 aliphatic heterocycles. The van der Waals surface area contributed by atoms with Crippen molar-refractivity contribution in [1.29, 1.82) is 0 Å². The van der Waals surface area contributed by atoms with Crippen molar-refractivity contribution in [2.45, 2.75) is 18.9 Å². The van der Waals surface area contributed by atoms with Gasteiger partial charge in [0, 0.05) is 10.9 Å². The lowest BCUT2D eigenvalue weighted by molar-refractivity contribution is -0.129. The highest BCUT2D eigenvalue weighted by atomic mass is 79.9. The summed E-state index contributed by atoms with van der Waals surface area (Å²) in [6.45, 7) is 1.61. The number of carbonyl (C=O) groups excluding carboxylic acids is 2. The summed E-state index contributed by atoms with van der Waals surface area (Å²) in [5.74, 6) is -0.391. The number of benzene rings is 1. The summed E-state index contributed by atoms with van der Waals surface area (Å²) < 4.78 is 5.92. The van der Waals surface area contributed by atoms with Crippen LogP contribution in [-0.4, -0.2) is 17.6 Å². The van der Waals surface area contributed by atoms with Crippen LogP contribution >= 0.6 is 15.9 Å². The number of ether oxygens (including phenoxy) is 1. The Kier molecular flexibility index (Phi) is 2.71. The highest BCUT2D eigenvalue weighted by Gasteiger charge is 2.44. The van der Waals surface area contributed by atoms with Crippen LogP contribution in [0.4, 0.5) is 4.79 Å². The Morgan fingerprint density at radius 2 is 2.19 bits per heavy atom. The number of alkyl carbamates (subject to hydrolysis) is 1. The first-order valence-corrected chi connectivity index (χ1v) is 5.58. The van der Waals surface area contributed by atoms with Crippen molar-refractivity contribution >= 4 is 27.9 Å². The van der Waals surface area contributed by atoms with Crippen molar-refractivity contribution in [3.63, 3.8) is 0 Å². The molecular weight excluding hydrogens is 274 g/mol. The first kappa shape index (κ1) is 11.1. The lowest BCUT2D eigenvalue weighted by Crippen LogP contribution is -2.38. The van der Waals surface area contributed by atoms with E-state index in [1.807, 2.05) is 24.3 Å². The van der Waals surface area contributed by atoms with Crippen molar-refractivity contribution in [2.24, 2.45) is 0 Å². The zero-order valence-corrected chi connectivity index (χ0v) is 10.2. The molecule has 1 aromatic carbocycles. The smallest absolute Gasteiger partial charge is 0.415 e. The summed E-state index contributed by atoms with van der Waals surface area (Å²) in [4.78, 5) is 22.5. The van der Waals surface area contributed by atoms with Gasteiger partial charge < -0.3 is 4.74 Å². The number of amides is 2. The van der Waals surface area contributed by atoms with Crippen LogP contribution in [0.3, 0.4) is 0 Å². The molecule has 16 heavy (non-hydrogen) atoms. The van der Waals surface area contributed by atoms with E-state index in [2.05, 4.69) is 21.2 Å². The van der Waals surface area contributed by atoms with Gasteiger partial charge >= 0.3 is 6.09 Å². The Morgan fingerprint density at radius 3 is 2.75 bits per heavy atom. The predicted molar refractivity (Wildman–Crippen MR) is 60.9 cm³/mol. The number of hydrogen-bond donors (Lipinski definition) is 1. The van der Waals surface area contributed by atoms with Gasteiger partial charge in [0.1, 0.15) is 0 Å². The highest BCUT2D eigenvalue weighted by molar-refractivity contribution is 9.10. The van der Waals surface area contributed by atoms with Crippen molar-refractivity contribution in [1.82, 2.24) is 5.32 Å². The first-order valence-electron chi connectivity index (χ1n) is 4.78. The average molecular weight is 284 g/mol. The summed E-state index contributed by atoms with van der Waals surface area (Å²) in [6.07, 6.45) is -0.313. The third-order valence-electron chi connectivity index (χ3n) is 2.44. The number of imide groups is 1. The number of nitrogens with one attached hydrogen (secondary N) is 1. The molecule has 0 spiro atoms. The van der Waals surface area contributed by atoms with Crippen LogP contribution in [0.5, 0.6) is 0 Å². The Bertz CT molecular complexity index is 460. The van der Waals surface area contributed by atoms with E-state index in [-0.39, 0.29) is 0 Å². The molecule has 0 aliphatic carbocycles. The second kappa shape index (κ2) is 3.90. The van der Waals surface area contributed by atoms with Gasteiger partial charge in [0.15, 0.2) is 5.60 Å². The summed E-state index contributed by atoms with van der Waals surface area (Å²) in [6, 6.07) is 7.55. The molecule has 1 atom stereocenters. The molecule has 1 saturated heterocycles. The molecule has 0 aromatic heterocycles. The summed E-state index contributed by atoms with van der Waals surface area (Å²) >= 11 is 3.35. The topological polar surface area (TPSA) is 55.4 Å². The number of rotatable bonds is 2. The third kappa shape index (κ3) is 2.09. The van der Waals surface area contributed by atoms with Gasteiger partial charge in [0.25, 0.3) is 5.91 Å². The zero-order valence-electron chi connectivity index (χ0n) is 8.62. The maximum absolute atomic E-state index is 11.5. The average Bonchev–Trinajstić information content (AvgIpc) is 2.39. The fourth-order valence-electron chi connectivity index (χ4n) is 1.65. The van der Waals surface area contributed by atoms with E-state index in [9.17, 15) is 9.59 Å². The van der Waals surface area contributed by atoms with Crippen molar-refractivity contribution in [3.8, 4) is 0 Å². The fourth-order valence-corrected chi connectivity index (χ4v) is 2.10. The number of cyclic esters (lactones) is 1. The molecule has 84 valence electrons. The second-order valence-corrected chi connectivity index (χ2v) is 4.80. The van der Waals surface area contributed by atoms with Crippen LogP contribution < -0.4 is 5.32 Å². The van der Waals surface area contributed by atoms with Crippen LogP contribution in [0.25, 0.3) is 0 Å². The molecule has 1 fully saturated rings. The normalized spacial score (nSPS) is 24.1. The van der Waals surface area contributed by atoms with Gasteiger partial charge in [-0.25, -0.2) is 4.79 Å². The quantitative estimate of drug-likeness (QED) is 0.904. The van der Waals surface area contributed by atoms with Gasteiger partial charge in [-0.3, -0.25) is 10.1 Å². The zero-order chi connectivity index (χ0) is 11.8. The van der Waals surface area contributed by atoms with Crippen LogP contribution in [0.1, 0.15) is 12.5 Å². The summed E-state index contributed by atoms with van der Waals surface area (Å²) in [7, 11) is 0. The van der Waals surface area contributed by atoms with Gasteiger partial charge in [0.05, 0.1) is 0 Å². The second-order valence-electron chi connectivity index (χ2n) is 3.88. The summed E-state index contributed by atoms with van der Waals surface area (Å²) in [5.41, 5.74) is -0.167. The first-order chi connectivity index (χ1) is 7.49. The molecule has 2 amide bonds. The highest BCUT2D eigenvalue weighted by Crippen LogP contribution is 2.23. The molecule has 1 heterocycles. The molecule has 1 N–H and O–H groups in total. The number of halogens is 1. The molecule has 0 radical (unpaired) electrons. The van der Waals surface area contributed by atoms with Crippen molar-refractivity contribution in [2.75, 3.05) is 0 Å². The number of hydrogen-bond acceptors (Lipinski definition) is 3. The van der Waals surface area contributed by atoms with E-state index in [0.29, 0.717) is 6.42 Å². The Balaban J connectivity index is 2.21. The molecule has 0 saturated carbocycles. The van der Waals surface area contributed by atoms with E-state index in [0.717, 1.165) is 10.0 Å². The maximum atomic E-state index is 11.5. The van der Waals surface area contributed by atoms with E-state index >= 15 is 0 Å². The van der Waals surface area contributed by atoms with Crippen LogP contribution in [-0.2, 0) is 16.0 Å². The predicted octanol–water partition coefficient (Wildman–Crippen LogP) is 2.02. The monoisotopic (exact) mass is 283 g/mol. The lowest BCUT2D eigenvalue weighted by atomic mass is 9.96. The minimum atomic E-state index is -1.10. The molecule has 1 aromatic rings. The van der Waals surface area contributed by atoms with Gasteiger partial charge in [0.2, 0.25) is 0 Å². The summed E-state index contributed by atoms with van der Waals surface area (Å²) in [5, 5.41) is 2.13. The van der Waals surface area contributed by atoms with Gasteiger partial charge in [-0.05, 0) is 24.6 Å². The largest absolute Gasteiger partial charge is 0.432 e. The standard InChI is InChI=1S/C11H10BrNO3/c1-11(9(14)13-10(15)16-11)6-7-3-2-4-8(12)5-7/h2-5H,6H2,1H3,(H,13,14,15).